The van der Waals surface area contributed by atoms with Crippen LogP contribution in [0.15, 0.2) is 61.2 Å². The van der Waals surface area contributed by atoms with Gasteiger partial charge in [0.2, 0.25) is 0 Å². The van der Waals surface area contributed by atoms with Crippen LogP contribution in [0.3, 0.4) is 0 Å². The largest absolute Gasteiger partial charge is 0.460 e. The van der Waals surface area contributed by atoms with E-state index in [0.717, 1.165) is 22.3 Å². The molecule has 7 heteroatoms. The first-order valence-corrected chi connectivity index (χ1v) is 9.24. The Hall–Kier alpha value is -2.83. The predicted molar refractivity (Wildman–Crippen MR) is 114 cm³/mol. The maximum Gasteiger partial charge on any atom is 0.407 e. The molecule has 0 heterocycles. The van der Waals surface area contributed by atoms with Crippen LogP contribution in [0, 0.1) is 0 Å². The van der Waals surface area contributed by atoms with Gasteiger partial charge in [0, 0.05) is 5.92 Å². The summed E-state index contributed by atoms with van der Waals surface area (Å²) in [7, 11) is 0. The summed E-state index contributed by atoms with van der Waals surface area (Å²) in [6.45, 7) is 3.98. The van der Waals surface area contributed by atoms with Crippen molar-refractivity contribution in [1.29, 1.82) is 0 Å². The summed E-state index contributed by atoms with van der Waals surface area (Å²) in [5.41, 5.74) is 10.1. The summed E-state index contributed by atoms with van der Waals surface area (Å²) in [6.07, 6.45) is 1.06. The fourth-order valence-corrected chi connectivity index (χ4v) is 3.44. The van der Waals surface area contributed by atoms with Crippen LogP contribution in [0.1, 0.15) is 23.5 Å². The average Bonchev–Trinajstić information content (AvgIpc) is 3.04. The summed E-state index contributed by atoms with van der Waals surface area (Å²) >= 11 is 0. The van der Waals surface area contributed by atoms with E-state index in [-0.39, 0.29) is 44.5 Å². The lowest BCUT2D eigenvalue weighted by molar-refractivity contribution is -0.144. The summed E-state index contributed by atoms with van der Waals surface area (Å²) in [4.78, 5) is 24.3. The van der Waals surface area contributed by atoms with Crippen LogP contribution >= 0.6 is 12.4 Å². The first kappa shape index (κ1) is 22.5. The minimum Gasteiger partial charge on any atom is -0.460 e. The highest BCUT2D eigenvalue weighted by molar-refractivity contribution is 5.85. The monoisotopic (exact) mass is 416 g/mol. The second kappa shape index (κ2) is 10.6. The van der Waals surface area contributed by atoms with Gasteiger partial charge in [0.1, 0.15) is 19.3 Å². The molecule has 0 bridgehead atoms. The van der Waals surface area contributed by atoms with Crippen molar-refractivity contribution in [3.63, 3.8) is 0 Å². The first-order valence-electron chi connectivity index (χ1n) is 9.24. The van der Waals surface area contributed by atoms with E-state index in [1.54, 1.807) is 0 Å². The van der Waals surface area contributed by atoms with Gasteiger partial charge < -0.3 is 20.5 Å². The van der Waals surface area contributed by atoms with E-state index in [2.05, 4.69) is 24.0 Å². The third-order valence-electron chi connectivity index (χ3n) is 4.72. The van der Waals surface area contributed by atoms with Gasteiger partial charge in [-0.2, -0.15) is 0 Å². The van der Waals surface area contributed by atoms with E-state index in [1.165, 1.54) is 6.08 Å². The molecule has 0 saturated carbocycles. The molecular formula is C22H25ClN2O4. The van der Waals surface area contributed by atoms with Crippen molar-refractivity contribution >= 4 is 24.5 Å². The number of benzene rings is 2. The predicted octanol–water partition coefficient (Wildman–Crippen LogP) is 3.39. The molecule has 154 valence electrons. The molecule has 2 aromatic carbocycles. The highest BCUT2D eigenvalue weighted by atomic mass is 35.5. The zero-order chi connectivity index (χ0) is 19.9. The minimum atomic E-state index is -0.847. The highest BCUT2D eigenvalue weighted by Gasteiger charge is 2.29. The summed E-state index contributed by atoms with van der Waals surface area (Å²) in [5.74, 6) is -0.599. The van der Waals surface area contributed by atoms with Crippen LogP contribution in [0.4, 0.5) is 4.79 Å². The molecule has 1 atom stereocenters. The van der Waals surface area contributed by atoms with Crippen LogP contribution in [0.2, 0.25) is 0 Å². The molecule has 3 N–H and O–H groups in total. The number of nitrogens with two attached hydrogens (primary N) is 1. The number of fused-ring (bicyclic) bond motifs is 3. The number of ether oxygens (including phenoxy) is 2. The van der Waals surface area contributed by atoms with Gasteiger partial charge in [0.05, 0.1) is 0 Å². The van der Waals surface area contributed by atoms with Crippen molar-refractivity contribution in [3.05, 3.63) is 72.3 Å². The number of nitrogens with one attached hydrogen (secondary N) is 1. The zero-order valence-corrected chi connectivity index (χ0v) is 16.8. The lowest BCUT2D eigenvalue weighted by atomic mass is 9.98. The van der Waals surface area contributed by atoms with E-state index < -0.39 is 18.1 Å². The molecule has 0 aromatic heterocycles. The number of rotatable bonds is 8. The summed E-state index contributed by atoms with van der Waals surface area (Å²) in [5, 5.41) is 2.55. The molecule has 0 aliphatic heterocycles. The van der Waals surface area contributed by atoms with Gasteiger partial charge >= 0.3 is 12.1 Å². The highest BCUT2D eigenvalue weighted by Crippen LogP contribution is 2.44. The molecule has 0 saturated heterocycles. The zero-order valence-electron chi connectivity index (χ0n) is 16.0. The molecule has 1 amide bonds. The molecule has 3 rings (SSSR count). The van der Waals surface area contributed by atoms with Gasteiger partial charge in [0.25, 0.3) is 0 Å². The van der Waals surface area contributed by atoms with E-state index in [9.17, 15) is 9.59 Å². The molecule has 1 aliphatic rings. The van der Waals surface area contributed by atoms with Crippen molar-refractivity contribution in [1.82, 2.24) is 5.32 Å². The Balaban J connectivity index is 0.00000300. The third kappa shape index (κ3) is 5.16. The Morgan fingerprint density at radius 3 is 2.21 bits per heavy atom. The summed E-state index contributed by atoms with van der Waals surface area (Å²) in [6, 6.07) is 15.3. The molecular weight excluding hydrogens is 392 g/mol. The van der Waals surface area contributed by atoms with E-state index in [4.69, 9.17) is 15.2 Å². The van der Waals surface area contributed by atoms with Crippen LogP contribution in [0.5, 0.6) is 0 Å². The molecule has 29 heavy (non-hydrogen) atoms. The number of halogens is 1. The Bertz CT molecular complexity index is 826. The minimum absolute atomic E-state index is 0. The van der Waals surface area contributed by atoms with E-state index in [0.29, 0.717) is 0 Å². The van der Waals surface area contributed by atoms with Gasteiger partial charge in [-0.15, -0.1) is 12.4 Å². The second-order valence-electron chi connectivity index (χ2n) is 6.52. The van der Waals surface area contributed by atoms with E-state index in [1.807, 2.05) is 36.4 Å². The average molecular weight is 417 g/mol. The quantitative estimate of drug-likeness (QED) is 0.508. The van der Waals surface area contributed by atoms with Crippen molar-refractivity contribution in [3.8, 4) is 11.1 Å². The third-order valence-corrected chi connectivity index (χ3v) is 4.72. The number of alkyl carbamates (subject to hydrolysis) is 1. The maximum atomic E-state index is 12.3. The number of hydrogen-bond donors (Lipinski definition) is 2. The van der Waals surface area contributed by atoms with Gasteiger partial charge in [-0.05, 0) is 35.2 Å². The molecule has 1 aliphatic carbocycles. The van der Waals surface area contributed by atoms with Crippen molar-refractivity contribution in [2.75, 3.05) is 19.8 Å². The first-order chi connectivity index (χ1) is 13.7. The number of carbonyl (C=O) groups excluding carboxylic acids is 2. The number of amides is 1. The Morgan fingerprint density at radius 2 is 1.66 bits per heavy atom. The fraction of sp³-hybridized carbons (Fsp3) is 0.273. The second-order valence-corrected chi connectivity index (χ2v) is 6.52. The maximum absolute atomic E-state index is 12.3. The molecule has 0 spiro atoms. The number of hydrogen-bond acceptors (Lipinski definition) is 5. The molecule has 6 nitrogen and oxygen atoms in total. The van der Waals surface area contributed by atoms with Gasteiger partial charge in [-0.3, -0.25) is 0 Å². The SMILES string of the molecule is C=CCOC(=O)[C@@H](CCN)NC(=O)OCC1c2ccccc2-c2ccccc21.Cl. The van der Waals surface area contributed by atoms with Crippen LogP contribution in [-0.2, 0) is 14.3 Å². The van der Waals surface area contributed by atoms with Crippen molar-refractivity contribution in [2.24, 2.45) is 5.73 Å². The molecule has 0 fully saturated rings. The molecule has 0 radical (unpaired) electrons. The van der Waals surface area contributed by atoms with E-state index >= 15 is 0 Å². The molecule has 2 aromatic rings. The lowest BCUT2D eigenvalue weighted by Gasteiger charge is -2.18. The fourth-order valence-electron chi connectivity index (χ4n) is 3.44. The van der Waals surface area contributed by atoms with Gasteiger partial charge in [-0.25, -0.2) is 9.59 Å². The Morgan fingerprint density at radius 1 is 1.07 bits per heavy atom. The Labute approximate surface area is 176 Å². The molecule has 0 unspecified atom stereocenters. The van der Waals surface area contributed by atoms with Gasteiger partial charge in [0.15, 0.2) is 0 Å². The topological polar surface area (TPSA) is 90.6 Å². The van der Waals surface area contributed by atoms with Crippen LogP contribution in [0.25, 0.3) is 11.1 Å². The van der Waals surface area contributed by atoms with Gasteiger partial charge in [-0.1, -0.05) is 61.2 Å². The number of carbonyl (C=O) groups is 2. The standard InChI is InChI=1S/C22H24N2O4.ClH/c1-2-13-27-21(25)20(11-12-23)24-22(26)28-14-19-17-9-5-3-7-15(17)16-8-4-6-10-18(16)19;/h2-10,19-20H,1,11-14,23H2,(H,24,26);1H/t20-;/m1./s1. The normalized spacial score (nSPS) is 12.7. The van der Waals surface area contributed by atoms with Crippen LogP contribution in [-0.4, -0.2) is 37.9 Å². The smallest absolute Gasteiger partial charge is 0.407 e. The summed E-state index contributed by atoms with van der Waals surface area (Å²) < 4.78 is 10.4. The van der Waals surface area contributed by atoms with Crippen molar-refractivity contribution < 1.29 is 19.1 Å². The Kier molecular flexibility index (Phi) is 8.24. The van der Waals surface area contributed by atoms with Crippen molar-refractivity contribution in [2.45, 2.75) is 18.4 Å². The lowest BCUT2D eigenvalue weighted by Crippen LogP contribution is -2.43. The number of esters is 1. The van der Waals surface area contributed by atoms with Crippen LogP contribution < -0.4 is 11.1 Å².